The number of carbonyl (C=O) groups is 1. The number of nitrogens with zero attached hydrogens (tertiary/aromatic N) is 2. The summed E-state index contributed by atoms with van der Waals surface area (Å²) in [5, 5.41) is 0.832. The second kappa shape index (κ2) is 7.75. The molecule has 1 aromatic heterocycles. The first-order valence-corrected chi connectivity index (χ1v) is 8.50. The first-order chi connectivity index (χ1) is 11.7. The largest absolute Gasteiger partial charge is 0.492 e. The van der Waals surface area contributed by atoms with Crippen LogP contribution in [-0.4, -0.2) is 36.0 Å². The Morgan fingerprint density at radius 1 is 1.17 bits per heavy atom. The van der Waals surface area contributed by atoms with E-state index in [9.17, 15) is 4.79 Å². The van der Waals surface area contributed by atoms with Gasteiger partial charge in [0.2, 0.25) is 5.91 Å². The third-order valence-corrected chi connectivity index (χ3v) is 4.50. The molecule has 122 valence electrons. The highest BCUT2D eigenvalue weighted by Gasteiger charge is 2.06. The number of amides is 1. The summed E-state index contributed by atoms with van der Waals surface area (Å²) in [5.41, 5.74) is 0.958. The van der Waals surface area contributed by atoms with E-state index in [4.69, 9.17) is 4.74 Å². The predicted molar refractivity (Wildman–Crippen MR) is 98.2 cm³/mol. The van der Waals surface area contributed by atoms with Crippen molar-refractivity contribution >= 4 is 33.5 Å². The van der Waals surface area contributed by atoms with Crippen LogP contribution in [0.5, 0.6) is 5.75 Å². The number of carbonyl (C=O) groups excluding carboxylic acids is 1. The summed E-state index contributed by atoms with van der Waals surface area (Å²) >= 11 is 1.57. The van der Waals surface area contributed by atoms with Crippen molar-refractivity contribution in [1.29, 1.82) is 0 Å². The Kier molecular flexibility index (Phi) is 5.23. The van der Waals surface area contributed by atoms with E-state index in [1.54, 1.807) is 35.4 Å². The molecule has 0 fully saturated rings. The molecule has 0 atom stereocenters. The van der Waals surface area contributed by atoms with Crippen LogP contribution in [0, 0.1) is 0 Å². The van der Waals surface area contributed by atoms with Gasteiger partial charge in [-0.25, -0.2) is 4.98 Å². The molecule has 4 nitrogen and oxygen atoms in total. The highest BCUT2D eigenvalue weighted by molar-refractivity contribution is 7.19. The summed E-state index contributed by atoms with van der Waals surface area (Å²) in [7, 11) is 1.76. The Hall–Kier alpha value is -2.66. The van der Waals surface area contributed by atoms with Crippen molar-refractivity contribution in [3.8, 4) is 5.75 Å². The summed E-state index contributed by atoms with van der Waals surface area (Å²) < 4.78 is 6.72. The van der Waals surface area contributed by atoms with Gasteiger partial charge in [-0.15, -0.1) is 11.3 Å². The fourth-order valence-electron chi connectivity index (χ4n) is 2.16. The maximum Gasteiger partial charge on any atom is 0.246 e. The smallest absolute Gasteiger partial charge is 0.246 e. The molecule has 3 aromatic rings. The van der Waals surface area contributed by atoms with E-state index >= 15 is 0 Å². The first-order valence-electron chi connectivity index (χ1n) is 7.69. The Morgan fingerprint density at radius 2 is 1.92 bits per heavy atom. The van der Waals surface area contributed by atoms with Gasteiger partial charge < -0.3 is 9.64 Å². The molecule has 1 heterocycles. The summed E-state index contributed by atoms with van der Waals surface area (Å²) in [6, 6.07) is 17.5. The number of fused-ring (bicyclic) bond motifs is 1. The van der Waals surface area contributed by atoms with Gasteiger partial charge in [-0.2, -0.15) is 0 Å². The Morgan fingerprint density at radius 3 is 2.71 bits per heavy atom. The lowest BCUT2D eigenvalue weighted by atomic mass is 10.3. The van der Waals surface area contributed by atoms with E-state index in [1.807, 2.05) is 54.6 Å². The number of rotatable bonds is 6. The number of thiazole rings is 1. The molecule has 0 N–H and O–H groups in total. The van der Waals surface area contributed by atoms with Crippen molar-refractivity contribution in [3.05, 3.63) is 65.7 Å². The molecule has 24 heavy (non-hydrogen) atoms. The van der Waals surface area contributed by atoms with Crippen molar-refractivity contribution < 1.29 is 9.53 Å². The van der Waals surface area contributed by atoms with Crippen LogP contribution in [0.2, 0.25) is 0 Å². The van der Waals surface area contributed by atoms with Gasteiger partial charge in [0.25, 0.3) is 0 Å². The minimum atomic E-state index is -0.0640. The number of hydrogen-bond acceptors (Lipinski definition) is 4. The molecule has 5 heteroatoms. The second-order valence-corrected chi connectivity index (χ2v) is 6.34. The van der Waals surface area contributed by atoms with Crippen LogP contribution in [0.25, 0.3) is 16.3 Å². The Balaban J connectivity index is 1.51. The van der Waals surface area contributed by atoms with E-state index < -0.39 is 0 Å². The SMILES string of the molecule is CN(CCOc1ccccc1)C(=O)/C=C/c1nc2ccccc2s1. The van der Waals surface area contributed by atoms with E-state index in [1.165, 1.54) is 0 Å². The molecular formula is C19H18N2O2S. The average molecular weight is 338 g/mol. The number of benzene rings is 2. The fourth-order valence-corrected chi connectivity index (χ4v) is 3.03. The molecule has 2 aromatic carbocycles. The molecule has 3 rings (SSSR count). The Labute approximate surface area is 145 Å². The zero-order chi connectivity index (χ0) is 16.8. The lowest BCUT2D eigenvalue weighted by Gasteiger charge is -2.15. The lowest BCUT2D eigenvalue weighted by molar-refractivity contribution is -0.125. The van der Waals surface area contributed by atoms with Gasteiger partial charge in [-0.05, 0) is 30.3 Å². The van der Waals surface area contributed by atoms with Gasteiger partial charge in [0, 0.05) is 13.1 Å². The maximum absolute atomic E-state index is 12.1. The average Bonchev–Trinajstić information content (AvgIpc) is 3.03. The molecule has 0 aliphatic carbocycles. The van der Waals surface area contributed by atoms with Crippen molar-refractivity contribution in [3.63, 3.8) is 0 Å². The third-order valence-electron chi connectivity index (χ3n) is 3.49. The fraction of sp³-hybridized carbons (Fsp3) is 0.158. The molecular weight excluding hydrogens is 320 g/mol. The normalized spacial score (nSPS) is 11.0. The number of ether oxygens (including phenoxy) is 1. The molecule has 0 unspecified atom stereocenters. The van der Waals surface area contributed by atoms with Crippen LogP contribution in [0.1, 0.15) is 5.01 Å². The first kappa shape index (κ1) is 16.2. The number of hydrogen-bond donors (Lipinski definition) is 0. The zero-order valence-electron chi connectivity index (χ0n) is 13.4. The van der Waals surface area contributed by atoms with Gasteiger partial charge in [0.05, 0.1) is 16.8 Å². The zero-order valence-corrected chi connectivity index (χ0v) is 14.2. The standard InChI is InChI=1S/C19H18N2O2S/c1-21(13-14-23-15-7-3-2-4-8-15)19(22)12-11-18-20-16-9-5-6-10-17(16)24-18/h2-12H,13-14H2,1H3/b12-11+. The minimum absolute atomic E-state index is 0.0640. The quantitative estimate of drug-likeness (QED) is 0.641. The monoisotopic (exact) mass is 338 g/mol. The Bertz CT molecular complexity index is 810. The van der Waals surface area contributed by atoms with Crippen molar-refractivity contribution in [1.82, 2.24) is 9.88 Å². The number of likely N-dealkylation sites (N-methyl/N-ethyl adjacent to an activating group) is 1. The summed E-state index contributed by atoms with van der Waals surface area (Å²) in [6.45, 7) is 0.985. The molecule has 0 bridgehead atoms. The lowest BCUT2D eigenvalue weighted by Crippen LogP contribution is -2.29. The van der Waals surface area contributed by atoms with E-state index in [-0.39, 0.29) is 5.91 Å². The molecule has 0 saturated heterocycles. The second-order valence-electron chi connectivity index (χ2n) is 5.27. The van der Waals surface area contributed by atoms with Gasteiger partial charge in [0.1, 0.15) is 17.4 Å². The molecule has 0 spiro atoms. The predicted octanol–water partition coefficient (Wildman–Crippen LogP) is 3.85. The number of aromatic nitrogens is 1. The highest BCUT2D eigenvalue weighted by atomic mass is 32.1. The van der Waals surface area contributed by atoms with Crippen LogP contribution in [0.15, 0.2) is 60.7 Å². The van der Waals surface area contributed by atoms with E-state index in [0.717, 1.165) is 21.0 Å². The van der Waals surface area contributed by atoms with Crippen LogP contribution >= 0.6 is 11.3 Å². The summed E-state index contributed by atoms with van der Waals surface area (Å²) in [5.74, 6) is 0.745. The highest BCUT2D eigenvalue weighted by Crippen LogP contribution is 2.22. The number of para-hydroxylation sites is 2. The molecule has 0 saturated carbocycles. The summed E-state index contributed by atoms with van der Waals surface area (Å²) in [6.07, 6.45) is 3.32. The van der Waals surface area contributed by atoms with Crippen molar-refractivity contribution in [2.75, 3.05) is 20.2 Å². The van der Waals surface area contributed by atoms with Crippen molar-refractivity contribution in [2.24, 2.45) is 0 Å². The minimum Gasteiger partial charge on any atom is -0.492 e. The maximum atomic E-state index is 12.1. The van der Waals surface area contributed by atoms with Crippen LogP contribution in [0.4, 0.5) is 0 Å². The summed E-state index contributed by atoms with van der Waals surface area (Å²) in [4.78, 5) is 18.2. The topological polar surface area (TPSA) is 42.4 Å². The van der Waals surface area contributed by atoms with Gasteiger partial charge >= 0.3 is 0 Å². The molecule has 0 aliphatic rings. The van der Waals surface area contributed by atoms with Crippen LogP contribution in [-0.2, 0) is 4.79 Å². The third kappa shape index (κ3) is 4.20. The van der Waals surface area contributed by atoms with Gasteiger partial charge in [-0.3, -0.25) is 4.79 Å². The van der Waals surface area contributed by atoms with E-state index in [0.29, 0.717) is 13.2 Å². The molecule has 0 aliphatic heterocycles. The van der Waals surface area contributed by atoms with Gasteiger partial charge in [-0.1, -0.05) is 30.3 Å². The van der Waals surface area contributed by atoms with E-state index in [2.05, 4.69) is 4.98 Å². The van der Waals surface area contributed by atoms with Crippen LogP contribution in [0.3, 0.4) is 0 Å². The van der Waals surface area contributed by atoms with Crippen LogP contribution < -0.4 is 4.74 Å². The van der Waals surface area contributed by atoms with Gasteiger partial charge in [0.15, 0.2) is 0 Å². The molecule has 1 amide bonds. The van der Waals surface area contributed by atoms with Crippen molar-refractivity contribution in [2.45, 2.75) is 0 Å². The molecule has 0 radical (unpaired) electrons.